The molecular formula is C45H74N4O16S. The summed E-state index contributed by atoms with van der Waals surface area (Å²) in [4.78, 5) is 50.8. The molecule has 3 fully saturated rings. The molecule has 3 aliphatic heterocycles. The minimum absolute atomic E-state index is 0.00598. The normalized spacial score (nSPS) is 28.3. The summed E-state index contributed by atoms with van der Waals surface area (Å²) in [6, 6.07) is 1.93. The van der Waals surface area contributed by atoms with Crippen LogP contribution in [0.15, 0.2) is 12.1 Å². The fourth-order valence-electron chi connectivity index (χ4n) is 8.27. The summed E-state index contributed by atoms with van der Waals surface area (Å²) in [6.07, 6.45) is -7.49. The van der Waals surface area contributed by atoms with Gasteiger partial charge in [0.25, 0.3) is 11.6 Å². The average molecular weight is 959 g/mol. The molecule has 376 valence electrons. The van der Waals surface area contributed by atoms with Crippen molar-refractivity contribution in [2.24, 2.45) is 5.41 Å². The Hall–Kier alpha value is -3.38. The zero-order valence-electron chi connectivity index (χ0n) is 39.7. The van der Waals surface area contributed by atoms with Gasteiger partial charge in [0.2, 0.25) is 11.8 Å². The van der Waals surface area contributed by atoms with Crippen LogP contribution < -0.4 is 25.4 Å². The van der Waals surface area contributed by atoms with Crippen molar-refractivity contribution in [3.63, 3.8) is 0 Å². The number of nitro groups is 1. The predicted octanol–water partition coefficient (Wildman–Crippen LogP) is 3.00. The third-order valence-electron chi connectivity index (χ3n) is 13.3. The molecule has 0 bridgehead atoms. The number of ether oxygens (including phenoxy) is 7. The Bertz CT molecular complexity index is 1730. The number of benzene rings is 1. The van der Waals surface area contributed by atoms with E-state index >= 15 is 0 Å². The number of methoxy groups -OCH3 is 1. The van der Waals surface area contributed by atoms with E-state index in [1.54, 1.807) is 13.0 Å². The fraction of sp³-hybridized carbons (Fsp3) is 0.800. The van der Waals surface area contributed by atoms with Crippen molar-refractivity contribution in [2.45, 2.75) is 184 Å². The predicted molar refractivity (Wildman–Crippen MR) is 243 cm³/mol. The fourth-order valence-corrected chi connectivity index (χ4v) is 9.39. The number of rotatable bonds is 25. The molecule has 7 N–H and O–H groups in total. The number of aliphatic hydroxyl groups excluding tert-OH is 4. The van der Waals surface area contributed by atoms with E-state index in [0.29, 0.717) is 49.4 Å². The molecule has 3 saturated heterocycles. The third kappa shape index (κ3) is 14.3. The van der Waals surface area contributed by atoms with Gasteiger partial charge in [-0.1, -0.05) is 34.6 Å². The number of nitrogens with one attached hydrogen (secondary N) is 3. The monoisotopic (exact) mass is 958 g/mol. The van der Waals surface area contributed by atoms with Crippen LogP contribution in [0.25, 0.3) is 0 Å². The van der Waals surface area contributed by atoms with Gasteiger partial charge in [0, 0.05) is 44.4 Å². The Labute approximate surface area is 392 Å². The van der Waals surface area contributed by atoms with Crippen LogP contribution in [0.1, 0.15) is 112 Å². The van der Waals surface area contributed by atoms with Crippen molar-refractivity contribution >= 4 is 35.2 Å². The van der Waals surface area contributed by atoms with Crippen molar-refractivity contribution in [2.75, 3.05) is 40.0 Å². The first kappa shape index (κ1) is 55.2. The maximum absolute atomic E-state index is 13.9. The summed E-state index contributed by atoms with van der Waals surface area (Å²) < 4.78 is 42.0. The summed E-state index contributed by atoms with van der Waals surface area (Å²) in [6.45, 7) is 12.8. The lowest BCUT2D eigenvalue weighted by atomic mass is 9.72. The van der Waals surface area contributed by atoms with Gasteiger partial charge < -0.3 is 69.5 Å². The van der Waals surface area contributed by atoms with E-state index in [0.717, 1.165) is 19.3 Å². The summed E-state index contributed by atoms with van der Waals surface area (Å²) in [7, 11) is 1.45. The van der Waals surface area contributed by atoms with Crippen LogP contribution in [0, 0.1) is 15.5 Å². The van der Waals surface area contributed by atoms with Gasteiger partial charge in [0.15, 0.2) is 23.9 Å². The molecule has 0 saturated carbocycles. The second-order valence-electron chi connectivity index (χ2n) is 17.7. The molecule has 4 rings (SSSR count). The quantitative estimate of drug-likeness (QED) is 0.0422. The van der Waals surface area contributed by atoms with Crippen LogP contribution in [0.4, 0.5) is 5.69 Å². The van der Waals surface area contributed by atoms with Gasteiger partial charge in [-0.2, -0.15) is 0 Å². The molecule has 1 aromatic carbocycles. The number of hydrogen-bond donors (Lipinski definition) is 7. The van der Waals surface area contributed by atoms with E-state index in [4.69, 9.17) is 33.2 Å². The molecule has 11 atom stereocenters. The first-order chi connectivity index (χ1) is 31.4. The smallest absolute Gasteiger partial charge is 0.277 e. The molecule has 0 radical (unpaired) electrons. The molecule has 21 heteroatoms. The molecule has 0 spiro atoms. The van der Waals surface area contributed by atoms with E-state index in [1.165, 1.54) is 31.9 Å². The molecule has 3 aliphatic rings. The van der Waals surface area contributed by atoms with E-state index in [9.17, 15) is 44.9 Å². The molecule has 1 aromatic rings. The second-order valence-corrected chi connectivity index (χ2v) is 18.8. The van der Waals surface area contributed by atoms with Crippen LogP contribution in [-0.2, 0) is 43.8 Å². The van der Waals surface area contributed by atoms with Crippen LogP contribution in [-0.4, -0.2) is 155 Å². The maximum atomic E-state index is 13.9. The van der Waals surface area contributed by atoms with Crippen molar-refractivity contribution < 1.29 is 72.9 Å². The summed E-state index contributed by atoms with van der Waals surface area (Å²) >= 11 is 1.51. The summed E-state index contributed by atoms with van der Waals surface area (Å²) in [5.74, 6) is -0.671. The van der Waals surface area contributed by atoms with Crippen LogP contribution >= 0.6 is 11.8 Å². The molecule has 66 heavy (non-hydrogen) atoms. The SMILES string of the molecule is CCC(C)(CC)OC1C(C(=O)NCCNC(=O)CCCOc2cc([N+](=O)[O-])c(CSC3CCCCO3)cc2OC)OC(OC2C(O)C(CO)OC(C(C)(CC)CC)C2NC(C)=O)C(O)C1O. The van der Waals surface area contributed by atoms with Crippen molar-refractivity contribution in [3.8, 4) is 11.5 Å². The molecule has 3 amide bonds. The number of carbonyl (C=O) groups excluding carboxylic acids is 3. The minimum Gasteiger partial charge on any atom is -0.493 e. The highest BCUT2D eigenvalue weighted by molar-refractivity contribution is 7.99. The van der Waals surface area contributed by atoms with E-state index in [-0.39, 0.29) is 55.3 Å². The Morgan fingerprint density at radius 3 is 2.23 bits per heavy atom. The summed E-state index contributed by atoms with van der Waals surface area (Å²) in [5.41, 5.74) is -1.02. The Morgan fingerprint density at radius 1 is 0.939 bits per heavy atom. The molecule has 3 heterocycles. The molecular weight excluding hydrogens is 885 g/mol. The number of thioether (sulfide) groups is 1. The largest absolute Gasteiger partial charge is 0.493 e. The first-order valence-corrected chi connectivity index (χ1v) is 24.3. The molecule has 0 aromatic heterocycles. The van der Waals surface area contributed by atoms with Gasteiger partial charge in [-0.05, 0) is 69.8 Å². The lowest BCUT2D eigenvalue weighted by Crippen LogP contribution is -2.70. The Balaban J connectivity index is 1.39. The summed E-state index contributed by atoms with van der Waals surface area (Å²) in [5, 5.41) is 65.0. The zero-order valence-corrected chi connectivity index (χ0v) is 40.5. The highest BCUT2D eigenvalue weighted by atomic mass is 32.2. The highest BCUT2D eigenvalue weighted by Crippen LogP contribution is 2.42. The number of nitro benzene ring substituents is 1. The van der Waals surface area contributed by atoms with Gasteiger partial charge in [-0.25, -0.2) is 0 Å². The zero-order chi connectivity index (χ0) is 48.8. The number of nitrogens with zero attached hydrogens (tertiary/aromatic N) is 1. The van der Waals surface area contributed by atoms with E-state index in [2.05, 4.69) is 16.0 Å². The number of hydrogen-bond acceptors (Lipinski definition) is 17. The third-order valence-corrected chi connectivity index (χ3v) is 14.5. The maximum Gasteiger partial charge on any atom is 0.277 e. The molecule has 11 unspecified atom stereocenters. The van der Waals surface area contributed by atoms with Crippen LogP contribution in [0.3, 0.4) is 0 Å². The average Bonchev–Trinajstić information content (AvgIpc) is 3.31. The van der Waals surface area contributed by atoms with Crippen molar-refractivity contribution in [3.05, 3.63) is 27.8 Å². The van der Waals surface area contributed by atoms with Gasteiger partial charge in [-0.15, -0.1) is 11.8 Å². The van der Waals surface area contributed by atoms with Crippen LogP contribution in [0.2, 0.25) is 0 Å². The van der Waals surface area contributed by atoms with Crippen molar-refractivity contribution in [1.29, 1.82) is 0 Å². The van der Waals surface area contributed by atoms with Crippen LogP contribution in [0.5, 0.6) is 11.5 Å². The topological polar surface area (TPSA) is 276 Å². The number of carbonyl (C=O) groups is 3. The Kier molecular flexibility index (Phi) is 21.6. The second kappa shape index (κ2) is 25.8. The number of aliphatic hydroxyl groups is 4. The number of amides is 3. The van der Waals surface area contributed by atoms with E-state index < -0.39 is 95.5 Å². The first-order valence-electron chi connectivity index (χ1n) is 23.2. The van der Waals surface area contributed by atoms with Crippen molar-refractivity contribution in [1.82, 2.24) is 16.0 Å². The Morgan fingerprint density at radius 2 is 1.64 bits per heavy atom. The lowest BCUT2D eigenvalue weighted by molar-refractivity contribution is -0.385. The minimum atomic E-state index is -1.79. The van der Waals surface area contributed by atoms with Gasteiger partial charge in [0.05, 0.1) is 49.1 Å². The standard InChI is InChI=1S/C45H74N4O16S/c1-9-44(6,10-2)41-34(48-26(5)51)38(35(53)31(24-50)62-41)63-43-37(55)36(54)39(65-45(7,11-3)12-4)40(64-43)42(56)47-19-18-46-32(52)16-15-21-60-30-23-28(49(57)58)27(22-29(30)59-8)25-66-33-17-13-14-20-61-33/h22-23,31,33-41,43,50,53-55H,9-21,24-25H2,1-8H3,(H,46,52)(H,47,56)(H,48,51). The van der Waals surface area contributed by atoms with Gasteiger partial charge >= 0.3 is 0 Å². The highest BCUT2D eigenvalue weighted by Gasteiger charge is 2.56. The van der Waals surface area contributed by atoms with E-state index in [1.807, 2.05) is 34.6 Å². The van der Waals surface area contributed by atoms with Gasteiger partial charge in [0.1, 0.15) is 42.1 Å². The molecule has 0 aliphatic carbocycles. The van der Waals surface area contributed by atoms with Gasteiger partial charge in [-0.3, -0.25) is 24.5 Å². The lowest BCUT2D eigenvalue weighted by Gasteiger charge is -2.52. The molecule has 20 nitrogen and oxygen atoms in total.